The molecule has 0 atom stereocenters. The molecule has 1 heterocycles. The summed E-state index contributed by atoms with van der Waals surface area (Å²) in [6.45, 7) is -0.435. The van der Waals surface area contributed by atoms with E-state index in [9.17, 15) is 14.9 Å². The van der Waals surface area contributed by atoms with E-state index < -0.39 is 24.0 Å². The Morgan fingerprint density at radius 2 is 1.90 bits per heavy atom. The molecule has 30 heavy (non-hydrogen) atoms. The van der Waals surface area contributed by atoms with E-state index in [-0.39, 0.29) is 0 Å². The van der Waals surface area contributed by atoms with Crippen LogP contribution < -0.4 is 5.32 Å². The summed E-state index contributed by atoms with van der Waals surface area (Å²) >= 11 is 0. The van der Waals surface area contributed by atoms with Gasteiger partial charge in [-0.25, -0.2) is 4.79 Å². The van der Waals surface area contributed by atoms with Gasteiger partial charge in [0.25, 0.3) is 5.91 Å². The van der Waals surface area contributed by atoms with E-state index in [1.165, 1.54) is 0 Å². The third-order valence-electron chi connectivity index (χ3n) is 5.38. The monoisotopic (exact) mass is 403 g/mol. The number of carbonyl (C=O) groups is 2. The van der Waals surface area contributed by atoms with E-state index in [0.717, 1.165) is 24.8 Å². The zero-order valence-electron chi connectivity index (χ0n) is 16.4. The van der Waals surface area contributed by atoms with Crippen LogP contribution >= 0.6 is 0 Å². The van der Waals surface area contributed by atoms with Crippen molar-refractivity contribution in [2.45, 2.75) is 37.6 Å². The molecular formula is C23H21N3O4. The number of aromatic nitrogens is 1. The second-order valence-electron chi connectivity index (χ2n) is 7.49. The predicted molar refractivity (Wildman–Crippen MR) is 109 cm³/mol. The minimum atomic E-state index is -0.853. The van der Waals surface area contributed by atoms with E-state index in [1.807, 2.05) is 30.3 Å². The molecule has 7 nitrogen and oxygen atoms in total. The second kappa shape index (κ2) is 8.37. The van der Waals surface area contributed by atoms with Gasteiger partial charge >= 0.3 is 5.97 Å². The largest absolute Gasteiger partial charge is 0.452 e. The highest BCUT2D eigenvalue weighted by atomic mass is 16.5. The maximum Gasteiger partial charge on any atom is 0.338 e. The minimum Gasteiger partial charge on any atom is -0.452 e. The molecule has 0 spiro atoms. The van der Waals surface area contributed by atoms with Gasteiger partial charge in [-0.05, 0) is 31.0 Å². The van der Waals surface area contributed by atoms with Crippen LogP contribution in [0.3, 0.4) is 0 Å². The first-order chi connectivity index (χ1) is 14.6. The Balaban J connectivity index is 1.45. The van der Waals surface area contributed by atoms with Crippen LogP contribution in [0.2, 0.25) is 0 Å². The molecular weight excluding hydrogens is 382 g/mol. The molecule has 0 saturated heterocycles. The number of nitriles is 1. The van der Waals surface area contributed by atoms with Gasteiger partial charge in [0.2, 0.25) is 0 Å². The van der Waals surface area contributed by atoms with Gasteiger partial charge in [0, 0.05) is 5.56 Å². The molecule has 1 saturated carbocycles. The van der Waals surface area contributed by atoms with Crippen LogP contribution in [0.25, 0.3) is 22.2 Å². The first kappa shape index (κ1) is 19.6. The lowest BCUT2D eigenvalue weighted by molar-refractivity contribution is -0.125. The second-order valence-corrected chi connectivity index (χ2v) is 7.49. The molecule has 0 aliphatic heterocycles. The van der Waals surface area contributed by atoms with E-state index >= 15 is 0 Å². The van der Waals surface area contributed by atoms with Gasteiger partial charge in [0.05, 0.1) is 17.0 Å². The summed E-state index contributed by atoms with van der Waals surface area (Å²) < 4.78 is 10.6. The maximum atomic E-state index is 12.5. The highest BCUT2D eigenvalue weighted by molar-refractivity contribution is 5.99. The first-order valence-corrected chi connectivity index (χ1v) is 9.94. The highest BCUT2D eigenvalue weighted by Crippen LogP contribution is 2.29. The molecule has 1 fully saturated rings. The fraction of sp³-hybridized carbons (Fsp3) is 0.304. The van der Waals surface area contributed by atoms with Gasteiger partial charge in [0.1, 0.15) is 11.1 Å². The summed E-state index contributed by atoms with van der Waals surface area (Å²) in [6.07, 6.45) is 4.10. The fourth-order valence-electron chi connectivity index (χ4n) is 3.80. The number of fused-ring (bicyclic) bond motifs is 1. The molecule has 1 N–H and O–H groups in total. The quantitative estimate of drug-likeness (QED) is 0.646. The lowest BCUT2D eigenvalue weighted by Crippen LogP contribution is -2.50. The van der Waals surface area contributed by atoms with Crippen LogP contribution in [0.15, 0.2) is 53.1 Å². The number of rotatable bonds is 5. The minimum absolute atomic E-state index is 0.295. The Bertz CT molecular complexity index is 1110. The topological polar surface area (TPSA) is 105 Å². The molecule has 0 bridgehead atoms. The van der Waals surface area contributed by atoms with Gasteiger partial charge in [0.15, 0.2) is 12.4 Å². The lowest BCUT2D eigenvalue weighted by atomic mass is 9.83. The van der Waals surface area contributed by atoms with Gasteiger partial charge in [-0.3, -0.25) is 4.79 Å². The molecule has 3 aromatic rings. The Morgan fingerprint density at radius 3 is 2.63 bits per heavy atom. The zero-order valence-corrected chi connectivity index (χ0v) is 16.4. The number of benzene rings is 2. The van der Waals surface area contributed by atoms with Gasteiger partial charge in [-0.2, -0.15) is 5.26 Å². The molecule has 1 aromatic heterocycles. The number of hydrogen-bond acceptors (Lipinski definition) is 6. The number of amides is 1. The number of carbonyl (C=O) groups excluding carboxylic acids is 2. The van der Waals surface area contributed by atoms with E-state index in [1.54, 1.807) is 18.2 Å². The van der Waals surface area contributed by atoms with Crippen molar-refractivity contribution >= 4 is 22.8 Å². The Labute approximate surface area is 173 Å². The molecule has 1 aliphatic rings. The van der Waals surface area contributed by atoms with Crippen LogP contribution in [0.5, 0.6) is 0 Å². The van der Waals surface area contributed by atoms with Crippen LogP contribution in [0, 0.1) is 11.3 Å². The zero-order chi connectivity index (χ0) is 21.0. The predicted octanol–water partition coefficient (Wildman–Crippen LogP) is 3.99. The van der Waals surface area contributed by atoms with Gasteiger partial charge in [-0.1, -0.05) is 54.8 Å². The Kier molecular flexibility index (Phi) is 5.48. The summed E-state index contributed by atoms with van der Waals surface area (Å²) in [6, 6.07) is 16.6. The number of hydrogen-bond donors (Lipinski definition) is 1. The van der Waals surface area contributed by atoms with Crippen LogP contribution in [0.1, 0.15) is 42.5 Å². The Morgan fingerprint density at radius 1 is 1.13 bits per heavy atom. The molecule has 0 radical (unpaired) electrons. The molecule has 1 amide bonds. The van der Waals surface area contributed by atoms with Gasteiger partial charge < -0.3 is 14.6 Å². The normalized spacial score (nSPS) is 15.3. The van der Waals surface area contributed by atoms with E-state index in [2.05, 4.69) is 16.5 Å². The summed E-state index contributed by atoms with van der Waals surface area (Å²) in [4.78, 5) is 24.7. The van der Waals surface area contributed by atoms with E-state index in [4.69, 9.17) is 9.26 Å². The van der Waals surface area contributed by atoms with Crippen molar-refractivity contribution in [1.29, 1.82) is 5.26 Å². The van der Waals surface area contributed by atoms with Crippen molar-refractivity contribution in [2.75, 3.05) is 6.61 Å². The number of ether oxygens (including phenoxy) is 1. The number of nitrogens with one attached hydrogen (secondary N) is 1. The summed E-state index contributed by atoms with van der Waals surface area (Å²) in [5.41, 5.74) is 0.909. The van der Waals surface area contributed by atoms with Crippen molar-refractivity contribution in [3.05, 3.63) is 54.1 Å². The highest BCUT2D eigenvalue weighted by Gasteiger charge is 2.33. The summed E-state index contributed by atoms with van der Waals surface area (Å²) in [5, 5.41) is 16.9. The van der Waals surface area contributed by atoms with Crippen LogP contribution in [-0.4, -0.2) is 29.2 Å². The van der Waals surface area contributed by atoms with Crippen molar-refractivity contribution in [1.82, 2.24) is 10.5 Å². The summed E-state index contributed by atoms with van der Waals surface area (Å²) in [5.74, 6) is -0.531. The number of nitrogens with zero attached hydrogens (tertiary/aromatic N) is 2. The first-order valence-electron chi connectivity index (χ1n) is 9.94. The number of esters is 1. The van der Waals surface area contributed by atoms with Crippen molar-refractivity contribution in [3.8, 4) is 17.4 Å². The Hall–Kier alpha value is -3.66. The standard InChI is InChI=1S/C23H21N3O4/c24-15-23(11-5-2-6-12-23)25-20(27)14-29-22(28)17-9-10-19-18(13-17)21(30-26-19)16-7-3-1-4-8-16/h1,3-4,7-10,13H,2,5-6,11-12,14H2,(H,25,27). The van der Waals surface area contributed by atoms with Crippen molar-refractivity contribution in [3.63, 3.8) is 0 Å². The molecule has 4 rings (SSSR count). The SMILES string of the molecule is N#CC1(NC(=O)COC(=O)c2ccc3noc(-c4ccccc4)c3c2)CCCCC1. The third kappa shape index (κ3) is 4.03. The molecule has 152 valence electrons. The van der Waals surface area contributed by atoms with Gasteiger partial charge in [-0.15, -0.1) is 0 Å². The van der Waals surface area contributed by atoms with E-state index in [0.29, 0.717) is 35.1 Å². The molecule has 2 aromatic carbocycles. The lowest BCUT2D eigenvalue weighted by Gasteiger charge is -2.31. The fourth-order valence-corrected chi connectivity index (χ4v) is 3.80. The maximum absolute atomic E-state index is 12.5. The average molecular weight is 403 g/mol. The average Bonchev–Trinajstić information content (AvgIpc) is 3.22. The molecule has 7 heteroatoms. The van der Waals surface area contributed by atoms with Crippen LogP contribution in [0.4, 0.5) is 0 Å². The smallest absolute Gasteiger partial charge is 0.338 e. The van der Waals surface area contributed by atoms with Crippen molar-refractivity contribution in [2.24, 2.45) is 0 Å². The van der Waals surface area contributed by atoms with Crippen LogP contribution in [-0.2, 0) is 9.53 Å². The van der Waals surface area contributed by atoms with Crippen molar-refractivity contribution < 1.29 is 18.8 Å². The molecule has 0 unspecified atom stereocenters. The molecule has 1 aliphatic carbocycles. The third-order valence-corrected chi connectivity index (χ3v) is 5.38. The summed E-state index contributed by atoms with van der Waals surface area (Å²) in [7, 11) is 0.